The van der Waals surface area contributed by atoms with E-state index in [1.807, 2.05) is 62.0 Å². The van der Waals surface area contributed by atoms with E-state index in [-0.39, 0.29) is 16.3 Å². The van der Waals surface area contributed by atoms with Crippen LogP contribution in [0.15, 0.2) is 87.0 Å². The molecular weight excluding hydrogens is 583 g/mol. The number of aryl methyl sites for hydroxylation is 2. The molecule has 43 heavy (non-hydrogen) atoms. The molecule has 0 aliphatic carbocycles. The highest BCUT2D eigenvalue weighted by atomic mass is 32.2. The molecule has 2 heterocycles. The zero-order valence-corrected chi connectivity index (χ0v) is 27.0. The second kappa shape index (κ2) is 12.8. The molecule has 3 aromatic rings. The monoisotopic (exact) mass is 623 g/mol. The number of hydrogen-bond donors (Lipinski definition) is 0. The molecule has 0 unspecified atom stereocenters. The van der Waals surface area contributed by atoms with Crippen LogP contribution >= 0.6 is 0 Å². The van der Waals surface area contributed by atoms with Crippen LogP contribution < -0.4 is 4.90 Å². The lowest BCUT2D eigenvalue weighted by molar-refractivity contribution is 0.235. The zero-order valence-electron chi connectivity index (χ0n) is 25.3. The fourth-order valence-corrected chi connectivity index (χ4v) is 8.25. The number of anilines is 1. The molecule has 11 heteroatoms. The van der Waals surface area contributed by atoms with Crippen LogP contribution in [-0.4, -0.2) is 83.6 Å². The highest BCUT2D eigenvalue weighted by molar-refractivity contribution is 7.90. The molecule has 230 valence electrons. The van der Waals surface area contributed by atoms with Crippen LogP contribution in [0.2, 0.25) is 0 Å². The summed E-state index contributed by atoms with van der Waals surface area (Å²) in [6.45, 7) is 6.31. The van der Waals surface area contributed by atoms with E-state index in [4.69, 9.17) is 0 Å². The minimum Gasteiger partial charge on any atom is -0.378 e. The first-order valence-corrected chi connectivity index (χ1v) is 17.6. The van der Waals surface area contributed by atoms with Crippen LogP contribution in [0, 0.1) is 13.8 Å². The molecule has 2 aliphatic rings. The Bertz CT molecular complexity index is 1650. The Morgan fingerprint density at radius 3 is 1.86 bits per heavy atom. The van der Waals surface area contributed by atoms with Gasteiger partial charge in [0.25, 0.3) is 10.0 Å². The van der Waals surface area contributed by atoms with Crippen LogP contribution in [0.1, 0.15) is 42.1 Å². The first kappa shape index (κ1) is 31.2. The summed E-state index contributed by atoms with van der Waals surface area (Å²) in [6, 6.07) is 21.2. The van der Waals surface area contributed by atoms with Gasteiger partial charge >= 0.3 is 0 Å². The standard InChI is InChI=1S/C32H41N5O4S2/c1-25-8-16-29(17-9-25)42(38,39)33-31(24-35-20-6-5-7-21-35)36-22-23-37(43(40,41)30-18-10-26(2)11-19-30)32(36)27-12-14-28(15-13-27)34(3)4/h8-19,32H,5-7,20-24H2,1-4H3/t32-/m1/s1. The Hall–Kier alpha value is -3.25. The van der Waals surface area contributed by atoms with Crippen molar-refractivity contribution >= 4 is 31.6 Å². The lowest BCUT2D eigenvalue weighted by atomic mass is 10.1. The average molecular weight is 624 g/mol. The summed E-state index contributed by atoms with van der Waals surface area (Å²) in [5.41, 5.74) is 3.65. The van der Waals surface area contributed by atoms with Crippen molar-refractivity contribution in [2.24, 2.45) is 4.40 Å². The molecule has 9 nitrogen and oxygen atoms in total. The number of piperidine rings is 1. The number of likely N-dealkylation sites (tertiary alicyclic amines) is 1. The third-order valence-corrected chi connectivity index (χ3v) is 11.3. The summed E-state index contributed by atoms with van der Waals surface area (Å²) >= 11 is 0. The largest absolute Gasteiger partial charge is 0.378 e. The molecule has 0 radical (unpaired) electrons. The van der Waals surface area contributed by atoms with Crippen LogP contribution in [0.3, 0.4) is 0 Å². The summed E-state index contributed by atoms with van der Waals surface area (Å²) < 4.78 is 61.5. The summed E-state index contributed by atoms with van der Waals surface area (Å²) in [5, 5.41) is 0. The fourth-order valence-electron chi connectivity index (χ4n) is 5.66. The third-order valence-electron chi connectivity index (χ3n) is 8.15. The fraction of sp³-hybridized carbons (Fsp3) is 0.406. The molecule has 0 N–H and O–H groups in total. The summed E-state index contributed by atoms with van der Waals surface area (Å²) in [5.74, 6) is 0.353. The van der Waals surface area contributed by atoms with Gasteiger partial charge in [0.1, 0.15) is 12.0 Å². The van der Waals surface area contributed by atoms with Crippen molar-refractivity contribution in [2.75, 3.05) is 51.7 Å². The Labute approximate surface area is 256 Å². The van der Waals surface area contributed by atoms with Gasteiger partial charge in [-0.25, -0.2) is 8.42 Å². The van der Waals surface area contributed by atoms with Crippen LogP contribution in [-0.2, 0) is 20.0 Å². The van der Waals surface area contributed by atoms with E-state index in [0.29, 0.717) is 18.9 Å². The SMILES string of the molecule is Cc1ccc(S(=O)(=O)N=C(CN2CCCCC2)N2CCN(S(=O)(=O)c3ccc(C)cc3)[C@@H]2c2ccc(N(C)C)cc2)cc1. The minimum atomic E-state index is -4.05. The molecule has 0 amide bonds. The molecule has 1 atom stereocenters. The second-order valence-electron chi connectivity index (χ2n) is 11.6. The van der Waals surface area contributed by atoms with Gasteiger partial charge in [0.15, 0.2) is 0 Å². The summed E-state index contributed by atoms with van der Waals surface area (Å²) in [4.78, 5) is 6.39. The van der Waals surface area contributed by atoms with Gasteiger partial charge in [-0.3, -0.25) is 4.90 Å². The van der Waals surface area contributed by atoms with E-state index in [1.54, 1.807) is 48.5 Å². The van der Waals surface area contributed by atoms with Gasteiger partial charge in [-0.15, -0.1) is 4.40 Å². The maximum Gasteiger partial charge on any atom is 0.283 e. The normalized spacial score (nSPS) is 19.1. The van der Waals surface area contributed by atoms with E-state index in [2.05, 4.69) is 9.30 Å². The Balaban J connectivity index is 1.62. The molecule has 0 bridgehead atoms. The molecule has 0 spiro atoms. The van der Waals surface area contributed by atoms with Gasteiger partial charge in [0.2, 0.25) is 10.0 Å². The van der Waals surface area contributed by atoms with Crippen molar-refractivity contribution in [3.8, 4) is 0 Å². The van der Waals surface area contributed by atoms with Crippen molar-refractivity contribution in [1.82, 2.24) is 14.1 Å². The first-order valence-electron chi connectivity index (χ1n) is 14.7. The molecule has 2 aliphatic heterocycles. The van der Waals surface area contributed by atoms with Gasteiger partial charge in [-0.05, 0) is 81.7 Å². The molecule has 0 saturated carbocycles. The molecule has 2 saturated heterocycles. The highest BCUT2D eigenvalue weighted by Gasteiger charge is 2.43. The summed E-state index contributed by atoms with van der Waals surface area (Å²) in [6.07, 6.45) is 2.43. The smallest absolute Gasteiger partial charge is 0.283 e. The van der Waals surface area contributed by atoms with Gasteiger partial charge in [0, 0.05) is 32.9 Å². The van der Waals surface area contributed by atoms with Crippen molar-refractivity contribution in [2.45, 2.75) is 49.1 Å². The summed E-state index contributed by atoms with van der Waals surface area (Å²) in [7, 11) is -4.07. The Kier molecular flexibility index (Phi) is 9.26. The minimum absolute atomic E-state index is 0.115. The maximum atomic E-state index is 14.1. The van der Waals surface area contributed by atoms with Crippen molar-refractivity contribution in [3.05, 3.63) is 89.5 Å². The third kappa shape index (κ3) is 6.95. The van der Waals surface area contributed by atoms with E-state index >= 15 is 0 Å². The first-order chi connectivity index (χ1) is 20.5. The molecular formula is C32H41N5O4S2. The predicted octanol–water partition coefficient (Wildman–Crippen LogP) is 4.65. The topological polar surface area (TPSA) is 93.6 Å². The lowest BCUT2D eigenvalue weighted by Gasteiger charge is -2.35. The number of rotatable bonds is 8. The van der Waals surface area contributed by atoms with E-state index in [1.165, 1.54) is 4.31 Å². The van der Waals surface area contributed by atoms with Crippen LogP contribution in [0.25, 0.3) is 0 Å². The number of nitrogens with zero attached hydrogens (tertiary/aromatic N) is 5. The second-order valence-corrected chi connectivity index (χ2v) is 15.1. The van der Waals surface area contributed by atoms with Crippen molar-refractivity contribution < 1.29 is 16.8 Å². The highest BCUT2D eigenvalue weighted by Crippen LogP contribution is 2.36. The number of hydrogen-bond acceptors (Lipinski definition) is 6. The number of benzene rings is 3. The van der Waals surface area contributed by atoms with Gasteiger partial charge in [-0.1, -0.05) is 53.9 Å². The van der Waals surface area contributed by atoms with Crippen molar-refractivity contribution in [1.29, 1.82) is 0 Å². The Morgan fingerprint density at radius 2 is 1.30 bits per heavy atom. The predicted molar refractivity (Wildman–Crippen MR) is 171 cm³/mol. The van der Waals surface area contributed by atoms with Gasteiger partial charge in [-0.2, -0.15) is 12.7 Å². The molecule has 2 fully saturated rings. The van der Waals surface area contributed by atoms with Crippen LogP contribution in [0.4, 0.5) is 5.69 Å². The molecule has 3 aromatic carbocycles. The average Bonchev–Trinajstić information content (AvgIpc) is 3.44. The van der Waals surface area contributed by atoms with E-state index in [0.717, 1.165) is 54.7 Å². The van der Waals surface area contributed by atoms with Gasteiger partial charge < -0.3 is 9.80 Å². The molecule has 0 aromatic heterocycles. The zero-order chi connectivity index (χ0) is 30.8. The Morgan fingerprint density at radius 1 is 0.744 bits per heavy atom. The maximum absolute atomic E-state index is 14.1. The molecule has 5 rings (SSSR count). The van der Waals surface area contributed by atoms with E-state index in [9.17, 15) is 16.8 Å². The van der Waals surface area contributed by atoms with Crippen LogP contribution in [0.5, 0.6) is 0 Å². The van der Waals surface area contributed by atoms with Gasteiger partial charge in [0.05, 0.1) is 16.3 Å². The number of amidine groups is 1. The number of sulfonamides is 2. The lowest BCUT2D eigenvalue weighted by Crippen LogP contribution is -2.44. The quantitative estimate of drug-likeness (QED) is 0.267. The van der Waals surface area contributed by atoms with E-state index < -0.39 is 26.2 Å². The van der Waals surface area contributed by atoms with Crippen molar-refractivity contribution in [3.63, 3.8) is 0 Å².